The summed E-state index contributed by atoms with van der Waals surface area (Å²) >= 11 is 1.13. The third-order valence-electron chi connectivity index (χ3n) is 6.53. The second-order valence-corrected chi connectivity index (χ2v) is 10.8. The van der Waals surface area contributed by atoms with Gasteiger partial charge in [-0.3, -0.25) is 29.3 Å². The van der Waals surface area contributed by atoms with Gasteiger partial charge >= 0.3 is 0 Å². The maximum absolute atomic E-state index is 14.4. The third-order valence-corrected chi connectivity index (χ3v) is 7.71. The van der Waals surface area contributed by atoms with Crippen molar-refractivity contribution < 1.29 is 28.5 Å². The fraction of sp³-hybridized carbons (Fsp3) is 0.0625. The molecule has 44 heavy (non-hydrogen) atoms. The summed E-state index contributed by atoms with van der Waals surface area (Å²) in [5.41, 5.74) is 0.606. The molecule has 0 bridgehead atoms. The first-order chi connectivity index (χ1) is 21.2. The molecule has 5 rings (SSSR count). The molecule has 0 spiro atoms. The lowest BCUT2D eigenvalue weighted by molar-refractivity contribution is -0.384. The van der Waals surface area contributed by atoms with E-state index in [0.29, 0.717) is 16.1 Å². The van der Waals surface area contributed by atoms with Crippen LogP contribution in [-0.4, -0.2) is 33.8 Å². The van der Waals surface area contributed by atoms with Crippen LogP contribution in [-0.2, 0) is 14.4 Å². The van der Waals surface area contributed by atoms with E-state index in [1.54, 1.807) is 60.7 Å². The molecule has 0 aromatic heterocycles. The van der Waals surface area contributed by atoms with E-state index in [2.05, 4.69) is 10.6 Å². The van der Waals surface area contributed by atoms with Crippen molar-refractivity contribution in [1.82, 2.24) is 5.32 Å². The fourth-order valence-corrected chi connectivity index (χ4v) is 5.50. The predicted octanol–water partition coefficient (Wildman–Crippen LogP) is 5.57. The number of anilines is 2. The van der Waals surface area contributed by atoms with Gasteiger partial charge in [-0.15, -0.1) is 11.8 Å². The van der Waals surface area contributed by atoms with Crippen molar-refractivity contribution in [3.8, 4) is 0 Å². The van der Waals surface area contributed by atoms with Gasteiger partial charge in [-0.05, 0) is 54.6 Å². The molecule has 0 saturated carbocycles. The van der Waals surface area contributed by atoms with Crippen molar-refractivity contribution in [3.63, 3.8) is 0 Å². The SMILES string of the molecule is O=C(Nc1cccc(SC2CC(=O)N(c3ccc([N+](=O)[O-])cc3)C2=O)c1)C(=Cc1ccccc1F)NC(=O)c1ccccc1. The molecule has 10 nitrogen and oxygen atoms in total. The molecule has 1 aliphatic heterocycles. The van der Waals surface area contributed by atoms with Gasteiger partial charge in [-0.2, -0.15) is 0 Å². The number of halogens is 1. The van der Waals surface area contributed by atoms with E-state index in [0.717, 1.165) is 16.7 Å². The highest BCUT2D eigenvalue weighted by Gasteiger charge is 2.40. The number of imide groups is 1. The van der Waals surface area contributed by atoms with Gasteiger partial charge in [0.15, 0.2) is 0 Å². The van der Waals surface area contributed by atoms with Crippen LogP contribution in [0.15, 0.2) is 114 Å². The van der Waals surface area contributed by atoms with Gasteiger partial charge in [-0.1, -0.05) is 42.5 Å². The smallest absolute Gasteiger partial charge is 0.272 e. The highest BCUT2D eigenvalue weighted by atomic mass is 32.2. The minimum atomic E-state index is -0.759. The van der Waals surface area contributed by atoms with Gasteiger partial charge in [0.1, 0.15) is 11.5 Å². The number of carbonyl (C=O) groups excluding carboxylic acids is 4. The largest absolute Gasteiger partial charge is 0.321 e. The average Bonchev–Trinajstić information content (AvgIpc) is 3.30. The number of rotatable bonds is 9. The zero-order valence-electron chi connectivity index (χ0n) is 22.8. The van der Waals surface area contributed by atoms with Crippen molar-refractivity contribution in [2.75, 3.05) is 10.2 Å². The minimum absolute atomic E-state index is 0.0852. The van der Waals surface area contributed by atoms with Crippen molar-refractivity contribution in [2.24, 2.45) is 0 Å². The number of carbonyl (C=O) groups is 4. The normalized spacial score (nSPS) is 14.8. The van der Waals surface area contributed by atoms with Crippen molar-refractivity contribution >= 4 is 58.5 Å². The van der Waals surface area contributed by atoms with Crippen molar-refractivity contribution in [3.05, 3.63) is 136 Å². The number of benzene rings is 4. The summed E-state index contributed by atoms with van der Waals surface area (Å²) in [5.74, 6) is -2.76. The van der Waals surface area contributed by atoms with E-state index in [4.69, 9.17) is 0 Å². The molecule has 0 aliphatic carbocycles. The minimum Gasteiger partial charge on any atom is -0.321 e. The standard InChI is InChI=1S/C32H23FN4O6S/c33-26-12-5-4-9-21(26)17-27(35-30(39)20-7-2-1-3-8-20)31(40)34-22-10-6-11-25(18-22)44-28-19-29(38)36(32(28)41)23-13-15-24(16-14-23)37(42)43/h1-18,28H,19H2,(H,34,40)(H,35,39). The van der Waals surface area contributed by atoms with Gasteiger partial charge in [-0.25, -0.2) is 9.29 Å². The number of amides is 4. The van der Waals surface area contributed by atoms with Gasteiger partial charge in [0.2, 0.25) is 11.8 Å². The Morgan fingerprint density at radius 2 is 1.64 bits per heavy atom. The van der Waals surface area contributed by atoms with Crippen LogP contribution in [0.1, 0.15) is 22.3 Å². The van der Waals surface area contributed by atoms with Gasteiger partial charge in [0.25, 0.3) is 17.5 Å². The average molecular weight is 611 g/mol. The molecule has 2 N–H and O–H groups in total. The van der Waals surface area contributed by atoms with Crippen molar-refractivity contribution in [2.45, 2.75) is 16.6 Å². The van der Waals surface area contributed by atoms with Crippen molar-refractivity contribution in [1.29, 1.82) is 0 Å². The van der Waals surface area contributed by atoms with Gasteiger partial charge in [0, 0.05) is 40.3 Å². The van der Waals surface area contributed by atoms with Crippen LogP contribution in [0.5, 0.6) is 0 Å². The Balaban J connectivity index is 1.32. The summed E-state index contributed by atoms with van der Waals surface area (Å²) in [6.07, 6.45) is 1.15. The van der Waals surface area contributed by atoms with Crippen LogP contribution in [0.2, 0.25) is 0 Å². The van der Waals surface area contributed by atoms with Gasteiger partial charge in [0.05, 0.1) is 15.9 Å². The number of nitrogens with zero attached hydrogens (tertiary/aromatic N) is 2. The Labute approximate surface area is 254 Å². The molecule has 4 aromatic carbocycles. The molecule has 220 valence electrons. The molecule has 1 unspecified atom stereocenters. The lowest BCUT2D eigenvalue weighted by Gasteiger charge is -2.15. The second-order valence-electron chi connectivity index (χ2n) is 9.53. The van der Waals surface area contributed by atoms with Crippen LogP contribution in [0, 0.1) is 15.9 Å². The first kappa shape index (κ1) is 29.9. The highest BCUT2D eigenvalue weighted by molar-refractivity contribution is 8.00. The van der Waals surface area contributed by atoms with Crippen LogP contribution < -0.4 is 15.5 Å². The Bertz CT molecular complexity index is 1800. The highest BCUT2D eigenvalue weighted by Crippen LogP contribution is 2.35. The Morgan fingerprint density at radius 1 is 0.932 bits per heavy atom. The number of hydrogen-bond acceptors (Lipinski definition) is 7. The molecule has 4 aromatic rings. The summed E-state index contributed by atoms with van der Waals surface area (Å²) in [7, 11) is 0. The molecular formula is C32H23FN4O6S. The lowest BCUT2D eigenvalue weighted by Crippen LogP contribution is -2.31. The van der Waals surface area contributed by atoms with E-state index < -0.39 is 39.6 Å². The number of thioether (sulfide) groups is 1. The summed E-state index contributed by atoms with van der Waals surface area (Å²) in [6, 6.07) is 25.8. The zero-order chi connectivity index (χ0) is 31.2. The zero-order valence-corrected chi connectivity index (χ0v) is 23.6. The number of nitrogens with one attached hydrogen (secondary N) is 2. The Morgan fingerprint density at radius 3 is 2.34 bits per heavy atom. The number of nitro benzene ring substituents is 1. The maximum atomic E-state index is 14.4. The molecular weight excluding hydrogens is 587 g/mol. The molecule has 1 heterocycles. The third kappa shape index (κ3) is 6.88. The second kappa shape index (κ2) is 13.1. The summed E-state index contributed by atoms with van der Waals surface area (Å²) in [6.45, 7) is 0. The molecule has 0 radical (unpaired) electrons. The first-order valence-electron chi connectivity index (χ1n) is 13.2. The topological polar surface area (TPSA) is 139 Å². The molecule has 4 amide bonds. The predicted molar refractivity (Wildman–Crippen MR) is 163 cm³/mol. The first-order valence-corrected chi connectivity index (χ1v) is 14.1. The molecule has 1 saturated heterocycles. The summed E-state index contributed by atoms with van der Waals surface area (Å²) in [4.78, 5) is 63.9. The Hall–Kier alpha value is -5.62. The molecule has 1 atom stereocenters. The molecule has 1 fully saturated rings. The summed E-state index contributed by atoms with van der Waals surface area (Å²) < 4.78 is 14.4. The van der Waals surface area contributed by atoms with Crippen LogP contribution >= 0.6 is 11.8 Å². The van der Waals surface area contributed by atoms with Crippen LogP contribution in [0.3, 0.4) is 0 Å². The van der Waals surface area contributed by atoms with Crippen LogP contribution in [0.25, 0.3) is 6.08 Å². The van der Waals surface area contributed by atoms with Gasteiger partial charge < -0.3 is 10.6 Å². The summed E-state index contributed by atoms with van der Waals surface area (Å²) in [5, 5.41) is 15.4. The van der Waals surface area contributed by atoms with E-state index >= 15 is 0 Å². The number of nitro groups is 1. The Kier molecular flexibility index (Phi) is 8.91. The molecule has 1 aliphatic rings. The van der Waals surface area contributed by atoms with E-state index in [1.807, 2.05) is 0 Å². The maximum Gasteiger partial charge on any atom is 0.272 e. The monoisotopic (exact) mass is 610 g/mol. The van der Waals surface area contributed by atoms with Crippen LogP contribution in [0.4, 0.5) is 21.5 Å². The van der Waals surface area contributed by atoms with E-state index in [9.17, 15) is 33.7 Å². The molecule has 12 heteroatoms. The quantitative estimate of drug-likeness (QED) is 0.109. The lowest BCUT2D eigenvalue weighted by atomic mass is 10.1. The number of non-ortho nitro benzene ring substituents is 1. The van der Waals surface area contributed by atoms with E-state index in [1.165, 1.54) is 48.5 Å². The fourth-order valence-electron chi connectivity index (χ4n) is 4.39. The number of hydrogen-bond donors (Lipinski definition) is 2. The van der Waals surface area contributed by atoms with E-state index in [-0.39, 0.29) is 29.1 Å².